The summed E-state index contributed by atoms with van der Waals surface area (Å²) >= 11 is 5.81. The predicted molar refractivity (Wildman–Crippen MR) is 160 cm³/mol. The first-order chi connectivity index (χ1) is 19.8. The van der Waals surface area contributed by atoms with E-state index in [1.54, 1.807) is 41.1 Å². The molecule has 42 heavy (non-hydrogen) atoms. The second-order valence-corrected chi connectivity index (χ2v) is 12.1. The fourth-order valence-electron chi connectivity index (χ4n) is 5.37. The first-order valence-corrected chi connectivity index (χ1v) is 15.1. The van der Waals surface area contributed by atoms with E-state index in [4.69, 9.17) is 17.0 Å². The SMILES string of the molecule is COc1cc(N2C(=S)N[C@@H](c3ccccn3)[C@@H]2c2cc(C)n(-c3cccc(C(F)(F)F)c3)c2C)ccc1NS(C)(=O)=O. The highest BCUT2D eigenvalue weighted by Gasteiger charge is 2.42. The van der Waals surface area contributed by atoms with Gasteiger partial charge in [0.05, 0.1) is 42.4 Å². The van der Waals surface area contributed by atoms with Crippen molar-refractivity contribution in [1.29, 1.82) is 0 Å². The zero-order valence-corrected chi connectivity index (χ0v) is 24.7. The lowest BCUT2D eigenvalue weighted by Crippen LogP contribution is -2.29. The molecule has 0 aliphatic carbocycles. The molecule has 0 bridgehead atoms. The van der Waals surface area contributed by atoms with Gasteiger partial charge in [0.15, 0.2) is 5.11 Å². The molecular formula is C29H28F3N5O3S2. The number of benzene rings is 2. The smallest absolute Gasteiger partial charge is 0.416 e. The third-order valence-electron chi connectivity index (χ3n) is 7.08. The lowest BCUT2D eigenvalue weighted by molar-refractivity contribution is -0.137. The van der Waals surface area contributed by atoms with Crippen LogP contribution in [0.15, 0.2) is 72.9 Å². The van der Waals surface area contributed by atoms with E-state index in [1.807, 2.05) is 36.9 Å². The normalized spacial score (nSPS) is 17.3. The predicted octanol–water partition coefficient (Wildman–Crippen LogP) is 6.07. The first kappa shape index (κ1) is 29.4. The van der Waals surface area contributed by atoms with Gasteiger partial charge in [-0.2, -0.15) is 13.2 Å². The van der Waals surface area contributed by atoms with Crippen LogP contribution in [0, 0.1) is 13.8 Å². The highest BCUT2D eigenvalue weighted by molar-refractivity contribution is 7.92. The van der Waals surface area contributed by atoms with E-state index in [0.717, 1.165) is 41.0 Å². The number of hydrogen-bond donors (Lipinski definition) is 2. The van der Waals surface area contributed by atoms with Gasteiger partial charge in [0, 0.05) is 35.0 Å². The molecule has 8 nitrogen and oxygen atoms in total. The summed E-state index contributed by atoms with van der Waals surface area (Å²) in [6, 6.07) is 16.8. The van der Waals surface area contributed by atoms with Gasteiger partial charge in [0.25, 0.3) is 0 Å². The van der Waals surface area contributed by atoms with E-state index in [0.29, 0.717) is 16.5 Å². The molecule has 2 atom stereocenters. The van der Waals surface area contributed by atoms with Crippen molar-refractivity contribution < 1.29 is 26.3 Å². The molecule has 220 valence electrons. The number of nitrogens with one attached hydrogen (secondary N) is 2. The first-order valence-electron chi connectivity index (χ1n) is 12.8. The Hall–Kier alpha value is -4.10. The molecule has 0 unspecified atom stereocenters. The van der Waals surface area contributed by atoms with Gasteiger partial charge in [-0.3, -0.25) is 9.71 Å². The second kappa shape index (κ2) is 11.0. The maximum Gasteiger partial charge on any atom is 0.416 e. The fraction of sp³-hybridized carbons (Fsp3) is 0.241. The second-order valence-electron chi connectivity index (χ2n) is 9.97. The molecule has 4 aromatic rings. The van der Waals surface area contributed by atoms with Crippen LogP contribution in [0.2, 0.25) is 0 Å². The van der Waals surface area contributed by atoms with Crippen molar-refractivity contribution in [2.45, 2.75) is 32.1 Å². The van der Waals surface area contributed by atoms with Crippen LogP contribution in [0.3, 0.4) is 0 Å². The molecule has 13 heteroatoms. The molecule has 1 aliphatic rings. The summed E-state index contributed by atoms with van der Waals surface area (Å²) in [5.41, 5.74) is 3.56. The minimum atomic E-state index is -4.48. The van der Waals surface area contributed by atoms with Gasteiger partial charge in [-0.05, 0) is 80.2 Å². The highest BCUT2D eigenvalue weighted by Crippen LogP contribution is 2.45. The molecule has 1 saturated heterocycles. The Kier molecular flexibility index (Phi) is 7.66. The van der Waals surface area contributed by atoms with E-state index < -0.39 is 33.8 Å². The molecule has 2 aromatic heterocycles. The number of aryl methyl sites for hydroxylation is 1. The van der Waals surface area contributed by atoms with E-state index in [-0.39, 0.29) is 11.4 Å². The molecule has 0 amide bonds. The van der Waals surface area contributed by atoms with Crippen LogP contribution in [-0.2, 0) is 16.2 Å². The summed E-state index contributed by atoms with van der Waals surface area (Å²) in [7, 11) is -2.13. The summed E-state index contributed by atoms with van der Waals surface area (Å²) in [6.45, 7) is 3.70. The minimum Gasteiger partial charge on any atom is -0.494 e. The van der Waals surface area contributed by atoms with E-state index in [9.17, 15) is 21.6 Å². The van der Waals surface area contributed by atoms with Crippen LogP contribution < -0.4 is 19.7 Å². The fourth-order valence-corrected chi connectivity index (χ4v) is 6.28. The van der Waals surface area contributed by atoms with Crippen molar-refractivity contribution in [3.05, 3.63) is 101 Å². The molecule has 2 aromatic carbocycles. The third kappa shape index (κ3) is 5.66. The molecule has 0 spiro atoms. The Morgan fingerprint density at radius 3 is 2.43 bits per heavy atom. The number of thiocarbonyl (C=S) groups is 1. The van der Waals surface area contributed by atoms with E-state index in [2.05, 4.69) is 15.0 Å². The standard InChI is InChI=1S/C29H28F3N5O3S2/c1-17-14-22(18(2)36(17)20-9-7-8-19(15-20)29(30,31)32)27-26(24-10-5-6-13-33-24)34-28(41)37(27)21-11-12-23(25(16-21)40-3)35-42(4,38)39/h5-16,26-27,35H,1-4H3,(H,34,41)/t26-,27-/m0/s1. The molecule has 2 N–H and O–H groups in total. The number of methoxy groups -OCH3 is 1. The van der Waals surface area contributed by atoms with Crippen LogP contribution >= 0.6 is 12.2 Å². The third-order valence-corrected chi connectivity index (χ3v) is 7.98. The maximum absolute atomic E-state index is 13.5. The number of anilines is 2. The molecule has 0 radical (unpaired) electrons. The van der Waals surface area contributed by atoms with Crippen molar-refractivity contribution in [2.24, 2.45) is 0 Å². The Morgan fingerprint density at radius 2 is 1.79 bits per heavy atom. The average molecular weight is 616 g/mol. The van der Waals surface area contributed by atoms with Crippen LogP contribution in [-0.4, -0.2) is 36.4 Å². The summed E-state index contributed by atoms with van der Waals surface area (Å²) in [5.74, 6) is 0.287. The summed E-state index contributed by atoms with van der Waals surface area (Å²) in [5, 5.41) is 3.76. The van der Waals surface area contributed by atoms with Crippen LogP contribution in [0.25, 0.3) is 5.69 Å². The monoisotopic (exact) mass is 615 g/mol. The summed E-state index contributed by atoms with van der Waals surface area (Å²) in [4.78, 5) is 6.45. The quantitative estimate of drug-likeness (QED) is 0.244. The van der Waals surface area contributed by atoms with Crippen LogP contribution in [0.5, 0.6) is 5.75 Å². The number of alkyl halides is 3. The number of nitrogens with zero attached hydrogens (tertiary/aromatic N) is 3. The van der Waals surface area contributed by atoms with E-state index >= 15 is 0 Å². The van der Waals surface area contributed by atoms with Crippen molar-refractivity contribution in [2.75, 3.05) is 23.0 Å². The Balaban J connectivity index is 1.66. The lowest BCUT2D eigenvalue weighted by atomic mass is 9.96. The zero-order chi connectivity index (χ0) is 30.4. The topological polar surface area (TPSA) is 88.5 Å². The van der Waals surface area contributed by atoms with Gasteiger partial charge in [0.1, 0.15) is 5.75 Å². The number of aromatic nitrogens is 2. The average Bonchev–Trinajstić information content (AvgIpc) is 3.43. The number of halogens is 3. The van der Waals surface area contributed by atoms with Gasteiger partial charge in [-0.1, -0.05) is 12.1 Å². The number of ether oxygens (including phenoxy) is 1. The van der Waals surface area contributed by atoms with Gasteiger partial charge < -0.3 is 19.5 Å². The summed E-state index contributed by atoms with van der Waals surface area (Å²) < 4.78 is 74.1. The molecule has 5 rings (SSSR count). The number of sulfonamides is 1. The summed E-state index contributed by atoms with van der Waals surface area (Å²) in [6.07, 6.45) is -1.75. The van der Waals surface area contributed by atoms with Gasteiger partial charge in [-0.15, -0.1) is 0 Å². The van der Waals surface area contributed by atoms with Crippen molar-refractivity contribution in [1.82, 2.24) is 14.9 Å². The van der Waals surface area contributed by atoms with Gasteiger partial charge in [0.2, 0.25) is 10.0 Å². The number of pyridine rings is 1. The molecule has 1 fully saturated rings. The lowest BCUT2D eigenvalue weighted by Gasteiger charge is -2.29. The molecule has 1 aliphatic heterocycles. The Bertz CT molecular complexity index is 1760. The van der Waals surface area contributed by atoms with Crippen LogP contribution in [0.4, 0.5) is 24.5 Å². The Labute approximate surface area is 247 Å². The van der Waals surface area contributed by atoms with Crippen molar-refractivity contribution >= 4 is 38.7 Å². The van der Waals surface area contributed by atoms with Crippen molar-refractivity contribution in [3.8, 4) is 11.4 Å². The largest absolute Gasteiger partial charge is 0.494 e. The molecule has 3 heterocycles. The minimum absolute atomic E-state index is 0.266. The maximum atomic E-state index is 13.5. The number of hydrogen-bond acceptors (Lipinski definition) is 5. The van der Waals surface area contributed by atoms with Gasteiger partial charge >= 0.3 is 6.18 Å². The zero-order valence-electron chi connectivity index (χ0n) is 23.1. The van der Waals surface area contributed by atoms with Gasteiger partial charge in [-0.25, -0.2) is 8.42 Å². The van der Waals surface area contributed by atoms with Crippen molar-refractivity contribution in [3.63, 3.8) is 0 Å². The number of rotatable bonds is 7. The molecule has 0 saturated carbocycles. The molecular weight excluding hydrogens is 587 g/mol. The Morgan fingerprint density at radius 1 is 1.02 bits per heavy atom. The van der Waals surface area contributed by atoms with Crippen LogP contribution in [0.1, 0.15) is 40.3 Å². The highest BCUT2D eigenvalue weighted by atomic mass is 32.2. The van der Waals surface area contributed by atoms with E-state index in [1.165, 1.54) is 13.2 Å².